The zero-order valence-corrected chi connectivity index (χ0v) is 20.1. The van der Waals surface area contributed by atoms with Gasteiger partial charge in [-0.25, -0.2) is 4.79 Å². The minimum absolute atomic E-state index is 0.143. The average Bonchev–Trinajstić information content (AvgIpc) is 3.52. The normalized spacial score (nSPS) is 23.0. The highest BCUT2D eigenvalue weighted by Crippen LogP contribution is 2.25. The molecule has 2 heterocycles. The smallest absolute Gasteiger partial charge is 0.329 e. The summed E-state index contributed by atoms with van der Waals surface area (Å²) in [5.74, 6) is -1.73. The van der Waals surface area contributed by atoms with Gasteiger partial charge < -0.3 is 25.0 Å². The van der Waals surface area contributed by atoms with Gasteiger partial charge in [-0.1, -0.05) is 57.5 Å². The van der Waals surface area contributed by atoms with Crippen LogP contribution in [0.4, 0.5) is 0 Å². The number of carbonyl (C=O) groups excluding carboxylic acids is 4. The van der Waals surface area contributed by atoms with E-state index in [1.165, 1.54) is 4.90 Å². The Morgan fingerprint density at radius 3 is 2.50 bits per heavy atom. The summed E-state index contributed by atoms with van der Waals surface area (Å²) in [6.45, 7) is 6.82. The van der Waals surface area contributed by atoms with E-state index in [1.807, 2.05) is 51.1 Å². The molecular weight excluding hydrogens is 438 g/mol. The Labute approximate surface area is 200 Å². The molecule has 1 aromatic carbocycles. The molecule has 186 valence electrons. The molecule has 2 aliphatic rings. The van der Waals surface area contributed by atoms with Crippen LogP contribution in [0.25, 0.3) is 0 Å². The topological polar surface area (TPSA) is 117 Å². The van der Waals surface area contributed by atoms with Crippen molar-refractivity contribution < 1.29 is 28.7 Å². The summed E-state index contributed by atoms with van der Waals surface area (Å²) < 4.78 is 10.7. The van der Waals surface area contributed by atoms with Gasteiger partial charge in [0.25, 0.3) is 11.8 Å². The number of hydrogen-bond acceptors (Lipinski definition) is 6. The first-order valence-corrected chi connectivity index (χ1v) is 12.1. The zero-order chi connectivity index (χ0) is 24.7. The highest BCUT2D eigenvalue weighted by atomic mass is 16.6. The summed E-state index contributed by atoms with van der Waals surface area (Å²) >= 11 is 0. The van der Waals surface area contributed by atoms with Crippen molar-refractivity contribution in [2.45, 2.75) is 77.4 Å². The highest BCUT2D eigenvalue weighted by Gasteiger charge is 2.51. The fraction of sp³-hybridized carbons (Fsp3) is 0.600. The van der Waals surface area contributed by atoms with Gasteiger partial charge in [-0.15, -0.1) is 0 Å². The van der Waals surface area contributed by atoms with E-state index in [9.17, 15) is 19.2 Å². The first kappa shape index (κ1) is 25.7. The number of benzene rings is 1. The van der Waals surface area contributed by atoms with Crippen molar-refractivity contribution in [3.05, 3.63) is 35.9 Å². The highest BCUT2D eigenvalue weighted by molar-refractivity contribution is 5.97. The van der Waals surface area contributed by atoms with E-state index in [0.717, 1.165) is 12.0 Å². The molecule has 0 aliphatic carbocycles. The Morgan fingerprint density at radius 1 is 1.12 bits per heavy atom. The summed E-state index contributed by atoms with van der Waals surface area (Å²) in [5.41, 5.74) is 0.874. The van der Waals surface area contributed by atoms with E-state index in [4.69, 9.17) is 9.47 Å². The van der Waals surface area contributed by atoms with Gasteiger partial charge in [-0.05, 0) is 30.7 Å². The lowest BCUT2D eigenvalue weighted by atomic mass is 9.97. The number of nitrogens with zero attached hydrogens (tertiary/aromatic N) is 1. The van der Waals surface area contributed by atoms with E-state index in [2.05, 4.69) is 10.6 Å². The molecule has 2 saturated heterocycles. The fourth-order valence-corrected chi connectivity index (χ4v) is 4.06. The molecular formula is C25H35N3O6. The third-order valence-corrected chi connectivity index (χ3v) is 6.37. The van der Waals surface area contributed by atoms with Gasteiger partial charge in [0.05, 0.1) is 0 Å². The average molecular weight is 474 g/mol. The van der Waals surface area contributed by atoms with Crippen LogP contribution in [0.2, 0.25) is 0 Å². The molecule has 0 radical (unpaired) electrons. The largest absolute Gasteiger partial charge is 0.459 e. The molecule has 0 saturated carbocycles. The maximum absolute atomic E-state index is 13.5. The minimum Gasteiger partial charge on any atom is -0.459 e. The molecule has 9 heteroatoms. The number of likely N-dealkylation sites (tertiary alicyclic amines) is 1. The lowest BCUT2D eigenvalue weighted by Crippen LogP contribution is -2.55. The van der Waals surface area contributed by atoms with Gasteiger partial charge in [0.2, 0.25) is 5.91 Å². The molecule has 5 atom stereocenters. The van der Waals surface area contributed by atoms with Gasteiger partial charge in [-0.3, -0.25) is 14.4 Å². The summed E-state index contributed by atoms with van der Waals surface area (Å²) in [5, 5.41) is 5.48. The first-order chi connectivity index (χ1) is 16.4. The van der Waals surface area contributed by atoms with Gasteiger partial charge in [0.1, 0.15) is 18.7 Å². The second kappa shape index (κ2) is 12.0. The maximum atomic E-state index is 13.5. The monoisotopic (exact) mass is 473 g/mol. The third-order valence-electron chi connectivity index (χ3n) is 6.37. The van der Waals surface area contributed by atoms with Crippen molar-refractivity contribution in [3.8, 4) is 0 Å². The van der Waals surface area contributed by atoms with Gasteiger partial charge >= 0.3 is 5.97 Å². The lowest BCUT2D eigenvalue weighted by molar-refractivity contribution is -0.155. The van der Waals surface area contributed by atoms with Crippen LogP contribution in [-0.2, 0) is 35.3 Å². The van der Waals surface area contributed by atoms with Gasteiger partial charge in [-0.2, -0.15) is 0 Å². The molecule has 9 nitrogen and oxygen atoms in total. The van der Waals surface area contributed by atoms with E-state index in [-0.39, 0.29) is 24.3 Å². The SMILES string of the molecule is CCCNC(=O)[C@H]1O[C@@H]1C(=O)NC(C(=O)N1CCC[C@H]1C(=O)OCc1ccccc1)C(C)CC. The van der Waals surface area contributed by atoms with E-state index in [1.54, 1.807) is 0 Å². The van der Waals surface area contributed by atoms with E-state index >= 15 is 0 Å². The molecule has 0 spiro atoms. The summed E-state index contributed by atoms with van der Waals surface area (Å²) in [4.78, 5) is 52.5. The maximum Gasteiger partial charge on any atom is 0.329 e. The number of nitrogens with one attached hydrogen (secondary N) is 2. The first-order valence-electron chi connectivity index (χ1n) is 12.1. The third kappa shape index (κ3) is 6.34. The Bertz CT molecular complexity index is 877. The van der Waals surface area contributed by atoms with Crippen molar-refractivity contribution >= 4 is 23.7 Å². The van der Waals surface area contributed by atoms with E-state index in [0.29, 0.717) is 32.4 Å². The number of amides is 3. The van der Waals surface area contributed by atoms with Crippen LogP contribution in [0.1, 0.15) is 52.0 Å². The molecule has 2 N–H and O–H groups in total. The van der Waals surface area contributed by atoms with Crippen LogP contribution in [0, 0.1) is 5.92 Å². The molecule has 1 aromatic rings. The molecule has 2 fully saturated rings. The summed E-state index contributed by atoms with van der Waals surface area (Å²) in [6, 6.07) is 7.88. The van der Waals surface area contributed by atoms with Crippen LogP contribution >= 0.6 is 0 Å². The Morgan fingerprint density at radius 2 is 1.82 bits per heavy atom. The van der Waals surface area contributed by atoms with Crippen LogP contribution < -0.4 is 10.6 Å². The van der Waals surface area contributed by atoms with Crippen LogP contribution in [-0.4, -0.2) is 66.0 Å². The number of ether oxygens (including phenoxy) is 2. The quantitative estimate of drug-likeness (QED) is 0.372. The molecule has 3 amide bonds. The van der Waals surface area contributed by atoms with Gasteiger partial charge in [0.15, 0.2) is 12.2 Å². The number of esters is 1. The van der Waals surface area contributed by atoms with Crippen LogP contribution in [0.5, 0.6) is 0 Å². The Balaban J connectivity index is 1.60. The van der Waals surface area contributed by atoms with Crippen LogP contribution in [0.15, 0.2) is 30.3 Å². The zero-order valence-electron chi connectivity index (χ0n) is 20.1. The molecule has 3 rings (SSSR count). The van der Waals surface area contributed by atoms with Crippen molar-refractivity contribution in [2.75, 3.05) is 13.1 Å². The summed E-state index contributed by atoms with van der Waals surface area (Å²) in [6.07, 6.45) is 0.910. The van der Waals surface area contributed by atoms with Crippen LogP contribution in [0.3, 0.4) is 0 Å². The van der Waals surface area contributed by atoms with E-state index < -0.39 is 36.2 Å². The molecule has 0 bridgehead atoms. The number of rotatable bonds is 11. The second-order valence-electron chi connectivity index (χ2n) is 8.92. The second-order valence-corrected chi connectivity index (χ2v) is 8.92. The van der Waals surface area contributed by atoms with Crippen molar-refractivity contribution in [1.82, 2.24) is 15.5 Å². The summed E-state index contributed by atoms with van der Waals surface area (Å²) in [7, 11) is 0. The predicted molar refractivity (Wildman–Crippen MR) is 124 cm³/mol. The Hall–Kier alpha value is -2.94. The Kier molecular flexibility index (Phi) is 9.04. The number of carbonyl (C=O) groups is 4. The van der Waals surface area contributed by atoms with Crippen molar-refractivity contribution in [3.63, 3.8) is 0 Å². The fourth-order valence-electron chi connectivity index (χ4n) is 4.06. The number of epoxide rings is 1. The molecule has 2 aliphatic heterocycles. The van der Waals surface area contributed by atoms with Crippen molar-refractivity contribution in [2.24, 2.45) is 5.92 Å². The number of hydrogen-bond donors (Lipinski definition) is 2. The lowest BCUT2D eigenvalue weighted by Gasteiger charge is -2.31. The minimum atomic E-state index is -0.901. The molecule has 34 heavy (non-hydrogen) atoms. The van der Waals surface area contributed by atoms with Crippen molar-refractivity contribution in [1.29, 1.82) is 0 Å². The van der Waals surface area contributed by atoms with Gasteiger partial charge in [0, 0.05) is 13.1 Å². The molecule has 0 aromatic heterocycles. The predicted octanol–water partition coefficient (Wildman–Crippen LogP) is 1.55. The standard InChI is InChI=1S/C25H35N3O6/c1-4-13-26-22(29)20-21(34-20)23(30)27-19(16(3)5-2)24(31)28-14-9-12-18(28)25(32)33-15-17-10-7-6-8-11-17/h6-8,10-11,16,18-21H,4-5,9,12-15H2,1-3H3,(H,26,29)(H,27,30)/t16?,18-,19?,20-,21-/m0/s1. The molecule has 2 unspecified atom stereocenters.